The van der Waals surface area contributed by atoms with E-state index in [1.54, 1.807) is 18.6 Å². The first kappa shape index (κ1) is 15.0. The molecule has 0 saturated carbocycles. The van der Waals surface area contributed by atoms with E-state index in [1.807, 2.05) is 24.3 Å². The number of carbonyl (C=O) groups is 1. The summed E-state index contributed by atoms with van der Waals surface area (Å²) in [5.74, 6) is -0.355. The van der Waals surface area contributed by atoms with Gasteiger partial charge in [-0.2, -0.15) is 0 Å². The highest BCUT2D eigenvalue weighted by molar-refractivity contribution is 6.14. The van der Waals surface area contributed by atoms with Gasteiger partial charge in [-0.1, -0.05) is 0 Å². The van der Waals surface area contributed by atoms with Gasteiger partial charge in [0.1, 0.15) is 5.82 Å². The monoisotopic (exact) mass is 332 g/mol. The van der Waals surface area contributed by atoms with Crippen LogP contribution in [-0.4, -0.2) is 16.0 Å². The second-order valence-corrected chi connectivity index (χ2v) is 5.51. The molecule has 2 aromatic carbocycles. The zero-order valence-corrected chi connectivity index (χ0v) is 13.0. The Kier molecular flexibility index (Phi) is 3.70. The van der Waals surface area contributed by atoms with Crippen LogP contribution in [0.4, 0.5) is 20.6 Å². The first-order valence-electron chi connectivity index (χ1n) is 7.66. The summed E-state index contributed by atoms with van der Waals surface area (Å²) in [4.78, 5) is 20.9. The number of fused-ring (bicyclic) bond motifs is 3. The van der Waals surface area contributed by atoms with Gasteiger partial charge in [0.2, 0.25) is 0 Å². The number of anilines is 2. The van der Waals surface area contributed by atoms with Crippen molar-refractivity contribution in [2.24, 2.45) is 0 Å². The first-order chi connectivity index (χ1) is 12.2. The Balaban J connectivity index is 1.70. The first-order valence-corrected chi connectivity index (χ1v) is 7.66. The van der Waals surface area contributed by atoms with Crippen LogP contribution in [-0.2, 0) is 0 Å². The molecule has 2 N–H and O–H groups in total. The predicted molar refractivity (Wildman–Crippen MR) is 96.1 cm³/mol. The third kappa shape index (κ3) is 2.97. The minimum absolute atomic E-state index is 0.355. The number of nitrogens with zero attached hydrogens (tertiary/aromatic N) is 2. The molecule has 4 rings (SSSR count). The highest BCUT2D eigenvalue weighted by atomic mass is 19.1. The van der Waals surface area contributed by atoms with Crippen LogP contribution in [0.15, 0.2) is 67.1 Å². The smallest absolute Gasteiger partial charge is 0.308 e. The molecular formula is C19H13FN4O. The van der Waals surface area contributed by atoms with Crippen LogP contribution < -0.4 is 10.6 Å². The van der Waals surface area contributed by atoms with Crippen LogP contribution in [0.25, 0.3) is 21.7 Å². The molecule has 0 spiro atoms. The molecule has 0 aliphatic rings. The van der Waals surface area contributed by atoms with Gasteiger partial charge in [-0.3, -0.25) is 9.97 Å². The number of urea groups is 1. The summed E-state index contributed by atoms with van der Waals surface area (Å²) in [6.45, 7) is 0. The summed E-state index contributed by atoms with van der Waals surface area (Å²) in [5.41, 5.74) is 1.91. The maximum Gasteiger partial charge on any atom is 0.323 e. The van der Waals surface area contributed by atoms with Crippen molar-refractivity contribution in [3.8, 4) is 0 Å². The number of rotatable bonds is 2. The van der Waals surface area contributed by atoms with E-state index < -0.39 is 6.03 Å². The third-order valence-corrected chi connectivity index (χ3v) is 3.86. The van der Waals surface area contributed by atoms with Crippen molar-refractivity contribution < 1.29 is 9.18 Å². The second-order valence-electron chi connectivity index (χ2n) is 5.51. The van der Waals surface area contributed by atoms with Crippen molar-refractivity contribution in [3.05, 3.63) is 72.9 Å². The topological polar surface area (TPSA) is 66.9 Å². The molecule has 2 amide bonds. The lowest BCUT2D eigenvalue weighted by atomic mass is 10.1. The molecule has 2 aromatic heterocycles. The number of pyridine rings is 2. The zero-order chi connectivity index (χ0) is 17.2. The molecule has 5 nitrogen and oxygen atoms in total. The Labute approximate surface area is 142 Å². The van der Waals surface area contributed by atoms with E-state index in [0.717, 1.165) is 21.7 Å². The minimum Gasteiger partial charge on any atom is -0.308 e. The number of nitrogens with one attached hydrogen (secondary N) is 2. The van der Waals surface area contributed by atoms with Gasteiger partial charge >= 0.3 is 6.03 Å². The Hall–Kier alpha value is -3.54. The number of halogens is 1. The summed E-state index contributed by atoms with van der Waals surface area (Å²) in [5, 5.41) is 8.18. The Morgan fingerprint density at radius 1 is 0.960 bits per heavy atom. The van der Waals surface area contributed by atoms with Crippen LogP contribution in [0, 0.1) is 5.82 Å². The van der Waals surface area contributed by atoms with Gasteiger partial charge in [-0.25, -0.2) is 9.18 Å². The summed E-state index contributed by atoms with van der Waals surface area (Å²) in [6, 6.07) is 12.6. The molecule has 122 valence electrons. The molecule has 0 bridgehead atoms. The van der Waals surface area contributed by atoms with E-state index in [0.29, 0.717) is 11.4 Å². The number of aromatic nitrogens is 2. The van der Waals surface area contributed by atoms with E-state index in [4.69, 9.17) is 0 Å². The Morgan fingerprint density at radius 2 is 1.80 bits per heavy atom. The van der Waals surface area contributed by atoms with Crippen LogP contribution in [0.5, 0.6) is 0 Å². The van der Waals surface area contributed by atoms with Gasteiger partial charge in [-0.05, 0) is 53.9 Å². The normalized spacial score (nSPS) is 10.8. The molecule has 0 fully saturated rings. The summed E-state index contributed by atoms with van der Waals surface area (Å²) < 4.78 is 13.0. The maximum atomic E-state index is 13.0. The number of carbonyl (C=O) groups excluding carboxylic acids is 1. The van der Waals surface area contributed by atoms with Crippen LogP contribution >= 0.6 is 0 Å². The minimum atomic E-state index is -0.412. The second kappa shape index (κ2) is 6.16. The molecule has 2 heterocycles. The highest BCUT2D eigenvalue weighted by Crippen LogP contribution is 2.30. The molecule has 0 atom stereocenters. The number of hydrogen-bond acceptors (Lipinski definition) is 3. The van der Waals surface area contributed by atoms with Crippen LogP contribution in [0.3, 0.4) is 0 Å². The Bertz CT molecular complexity index is 1080. The average molecular weight is 332 g/mol. The van der Waals surface area contributed by atoms with E-state index in [2.05, 4.69) is 20.6 Å². The molecule has 0 aliphatic heterocycles. The fourth-order valence-corrected chi connectivity index (χ4v) is 2.72. The van der Waals surface area contributed by atoms with Gasteiger partial charge < -0.3 is 10.6 Å². The number of benzene rings is 2. The molecule has 0 aliphatic carbocycles. The zero-order valence-electron chi connectivity index (χ0n) is 13.0. The van der Waals surface area contributed by atoms with Crippen molar-refractivity contribution in [1.82, 2.24) is 9.97 Å². The van der Waals surface area contributed by atoms with E-state index in [9.17, 15) is 9.18 Å². The standard InChI is InChI=1S/C19H13FN4O/c20-13-3-5-14(6-4-13)23-19(25)24-17-10-12-7-9-21-11-16(12)18-15(17)2-1-8-22-18/h1-11H,(H2,23,24,25). The third-order valence-electron chi connectivity index (χ3n) is 3.86. The predicted octanol–water partition coefficient (Wildman–Crippen LogP) is 4.57. The summed E-state index contributed by atoms with van der Waals surface area (Å²) in [7, 11) is 0. The van der Waals surface area contributed by atoms with Crippen molar-refractivity contribution in [3.63, 3.8) is 0 Å². The summed E-state index contributed by atoms with van der Waals surface area (Å²) in [6.07, 6.45) is 5.16. The van der Waals surface area contributed by atoms with Gasteiger partial charge in [-0.15, -0.1) is 0 Å². The van der Waals surface area contributed by atoms with Gasteiger partial charge in [0.15, 0.2) is 0 Å². The molecule has 0 unspecified atom stereocenters. The summed E-state index contributed by atoms with van der Waals surface area (Å²) >= 11 is 0. The molecule has 0 saturated heterocycles. The van der Waals surface area contributed by atoms with E-state index >= 15 is 0 Å². The molecule has 6 heteroatoms. The van der Waals surface area contributed by atoms with Crippen molar-refractivity contribution >= 4 is 39.1 Å². The number of amides is 2. The van der Waals surface area contributed by atoms with Crippen LogP contribution in [0.2, 0.25) is 0 Å². The van der Waals surface area contributed by atoms with Gasteiger partial charge in [0.05, 0.1) is 11.2 Å². The fourth-order valence-electron chi connectivity index (χ4n) is 2.72. The van der Waals surface area contributed by atoms with Crippen molar-refractivity contribution in [1.29, 1.82) is 0 Å². The van der Waals surface area contributed by atoms with Crippen LogP contribution in [0.1, 0.15) is 0 Å². The average Bonchev–Trinajstić information content (AvgIpc) is 2.64. The van der Waals surface area contributed by atoms with Crippen molar-refractivity contribution in [2.45, 2.75) is 0 Å². The molecular weight excluding hydrogens is 319 g/mol. The molecule has 4 aromatic rings. The Morgan fingerprint density at radius 3 is 2.64 bits per heavy atom. The lowest BCUT2D eigenvalue weighted by Gasteiger charge is -2.12. The van der Waals surface area contributed by atoms with Crippen molar-refractivity contribution in [2.75, 3.05) is 10.6 Å². The fraction of sp³-hybridized carbons (Fsp3) is 0. The maximum absolute atomic E-state index is 13.0. The van der Waals surface area contributed by atoms with Gasteiger partial charge in [0.25, 0.3) is 0 Å². The van der Waals surface area contributed by atoms with E-state index in [-0.39, 0.29) is 5.82 Å². The lowest BCUT2D eigenvalue weighted by Crippen LogP contribution is -2.19. The largest absolute Gasteiger partial charge is 0.323 e. The number of hydrogen-bond donors (Lipinski definition) is 2. The SMILES string of the molecule is O=C(Nc1ccc(F)cc1)Nc1cc2ccncc2c2ncccc12. The molecule has 0 radical (unpaired) electrons. The van der Waals surface area contributed by atoms with E-state index in [1.165, 1.54) is 24.3 Å². The highest BCUT2D eigenvalue weighted by Gasteiger charge is 2.10. The molecule has 25 heavy (non-hydrogen) atoms. The lowest BCUT2D eigenvalue weighted by molar-refractivity contribution is 0.262. The van der Waals surface area contributed by atoms with Gasteiger partial charge in [0, 0.05) is 35.1 Å². The quantitative estimate of drug-likeness (QED) is 0.529.